The molecular weight excluding hydrogens is 300 g/mol. The minimum atomic E-state index is -0.169. The third-order valence-electron chi connectivity index (χ3n) is 2.57. The summed E-state index contributed by atoms with van der Waals surface area (Å²) in [5, 5.41) is 5.06. The largest absolute Gasteiger partial charge is 0.389 e. The van der Waals surface area contributed by atoms with Gasteiger partial charge < -0.3 is 11.1 Å². The molecule has 19 heavy (non-hydrogen) atoms. The Morgan fingerprint density at radius 1 is 1.42 bits per heavy atom. The van der Waals surface area contributed by atoms with E-state index in [1.807, 2.05) is 18.4 Å². The Kier molecular flexibility index (Phi) is 4.19. The van der Waals surface area contributed by atoms with Crippen molar-refractivity contribution in [2.24, 2.45) is 5.73 Å². The number of halogens is 1. The molecule has 0 atom stereocenters. The predicted molar refractivity (Wildman–Crippen MR) is 84.3 cm³/mol. The molecule has 0 saturated carbocycles. The molecule has 1 amide bonds. The number of nitrogens with one attached hydrogen (secondary N) is 1. The lowest BCUT2D eigenvalue weighted by atomic mass is 10.2. The maximum atomic E-state index is 12.1. The predicted octanol–water partition coefficient (Wildman–Crippen LogP) is 3.60. The van der Waals surface area contributed by atoms with Crippen molar-refractivity contribution in [2.75, 3.05) is 5.32 Å². The maximum Gasteiger partial charge on any atom is 0.266 e. The average molecular weight is 311 g/mol. The fourth-order valence-corrected chi connectivity index (χ4v) is 2.73. The van der Waals surface area contributed by atoms with E-state index >= 15 is 0 Å². The van der Waals surface area contributed by atoms with Crippen LogP contribution in [0.25, 0.3) is 0 Å². The number of hydrogen-bond donors (Lipinski definition) is 2. The van der Waals surface area contributed by atoms with E-state index in [0.29, 0.717) is 21.2 Å². The molecule has 6 heteroatoms. The van der Waals surface area contributed by atoms with Gasteiger partial charge in [0.1, 0.15) is 4.99 Å². The van der Waals surface area contributed by atoms with E-state index in [4.69, 9.17) is 29.6 Å². The van der Waals surface area contributed by atoms with Crippen molar-refractivity contribution in [1.29, 1.82) is 0 Å². The summed E-state index contributed by atoms with van der Waals surface area (Å²) in [4.78, 5) is 13.0. The molecule has 1 heterocycles. The fraction of sp³-hybridized carbons (Fsp3) is 0.0769. The number of anilines is 1. The lowest BCUT2D eigenvalue weighted by molar-refractivity contribution is 0.103. The average Bonchev–Trinajstić information content (AvgIpc) is 2.77. The first-order valence-electron chi connectivity index (χ1n) is 5.44. The summed E-state index contributed by atoms with van der Waals surface area (Å²) in [7, 11) is 0. The van der Waals surface area contributed by atoms with Gasteiger partial charge in [0.2, 0.25) is 0 Å². The van der Waals surface area contributed by atoms with Gasteiger partial charge in [-0.25, -0.2) is 0 Å². The molecule has 0 bridgehead atoms. The number of rotatable bonds is 3. The van der Waals surface area contributed by atoms with Crippen molar-refractivity contribution in [3.8, 4) is 0 Å². The van der Waals surface area contributed by atoms with Crippen LogP contribution in [0.15, 0.2) is 29.6 Å². The first kappa shape index (κ1) is 14.0. The van der Waals surface area contributed by atoms with E-state index in [1.54, 1.807) is 18.2 Å². The van der Waals surface area contributed by atoms with Crippen LogP contribution in [0.3, 0.4) is 0 Å². The van der Waals surface area contributed by atoms with Crippen LogP contribution in [0.4, 0.5) is 5.69 Å². The highest BCUT2D eigenvalue weighted by atomic mass is 35.5. The summed E-state index contributed by atoms with van der Waals surface area (Å²) in [6.07, 6.45) is 0. The second-order valence-corrected chi connectivity index (χ2v) is 5.71. The van der Waals surface area contributed by atoms with Crippen LogP contribution in [-0.2, 0) is 0 Å². The fourth-order valence-electron chi connectivity index (χ4n) is 1.55. The number of amides is 1. The van der Waals surface area contributed by atoms with Crippen molar-refractivity contribution in [2.45, 2.75) is 6.92 Å². The standard InChI is InChI=1S/C13H11ClN2OS2/c1-7-4-5-19-11(7)13(17)16-10-3-2-8(12(15)18)6-9(10)14/h2-6H,1H3,(H2,15,18)(H,16,17). The second kappa shape index (κ2) is 5.69. The minimum absolute atomic E-state index is 0.169. The molecule has 3 nitrogen and oxygen atoms in total. The third kappa shape index (κ3) is 3.12. The van der Waals surface area contributed by atoms with Crippen molar-refractivity contribution in [1.82, 2.24) is 0 Å². The lowest BCUT2D eigenvalue weighted by Gasteiger charge is -2.08. The van der Waals surface area contributed by atoms with Gasteiger partial charge in [-0.15, -0.1) is 11.3 Å². The summed E-state index contributed by atoms with van der Waals surface area (Å²) < 4.78 is 0. The van der Waals surface area contributed by atoms with Crippen LogP contribution in [0, 0.1) is 6.92 Å². The molecule has 1 aromatic heterocycles. The molecular formula is C13H11ClN2OS2. The molecule has 0 unspecified atom stereocenters. The highest BCUT2D eigenvalue weighted by Gasteiger charge is 2.12. The summed E-state index contributed by atoms with van der Waals surface area (Å²) in [5.41, 5.74) is 7.67. The monoisotopic (exact) mass is 310 g/mol. The third-order valence-corrected chi connectivity index (χ3v) is 4.13. The molecule has 0 saturated heterocycles. The van der Waals surface area contributed by atoms with Crippen LogP contribution in [0.1, 0.15) is 20.8 Å². The normalized spacial score (nSPS) is 10.2. The second-order valence-electron chi connectivity index (χ2n) is 3.95. The van der Waals surface area contributed by atoms with E-state index < -0.39 is 0 Å². The molecule has 2 rings (SSSR count). The van der Waals surface area contributed by atoms with Crippen molar-refractivity contribution in [3.63, 3.8) is 0 Å². The zero-order valence-electron chi connectivity index (χ0n) is 10.1. The molecule has 0 aliphatic rings. The number of benzene rings is 1. The first-order chi connectivity index (χ1) is 8.99. The number of carbonyl (C=O) groups is 1. The molecule has 0 aliphatic heterocycles. The van der Waals surface area contributed by atoms with Gasteiger partial charge in [0, 0.05) is 5.56 Å². The van der Waals surface area contributed by atoms with Crippen molar-refractivity contribution in [3.05, 3.63) is 50.7 Å². The number of aryl methyl sites for hydroxylation is 1. The Morgan fingerprint density at radius 2 is 2.16 bits per heavy atom. The quantitative estimate of drug-likeness (QED) is 0.852. The molecule has 3 N–H and O–H groups in total. The SMILES string of the molecule is Cc1ccsc1C(=O)Nc1ccc(C(N)=S)cc1Cl. The number of carbonyl (C=O) groups excluding carboxylic acids is 1. The topological polar surface area (TPSA) is 55.1 Å². The zero-order chi connectivity index (χ0) is 14.0. The van der Waals surface area contributed by atoms with Gasteiger partial charge in [0.05, 0.1) is 15.6 Å². The van der Waals surface area contributed by atoms with Gasteiger partial charge in [-0.3, -0.25) is 4.79 Å². The Bertz CT molecular complexity index is 652. The number of hydrogen-bond acceptors (Lipinski definition) is 3. The minimum Gasteiger partial charge on any atom is -0.389 e. The van der Waals surface area contributed by atoms with Gasteiger partial charge >= 0.3 is 0 Å². The lowest BCUT2D eigenvalue weighted by Crippen LogP contribution is -2.13. The summed E-state index contributed by atoms with van der Waals surface area (Å²) in [6.45, 7) is 1.89. The van der Waals surface area contributed by atoms with Gasteiger partial charge in [-0.2, -0.15) is 0 Å². The van der Waals surface area contributed by atoms with Crippen molar-refractivity contribution < 1.29 is 4.79 Å². The van der Waals surface area contributed by atoms with Crippen LogP contribution >= 0.6 is 35.2 Å². The Morgan fingerprint density at radius 3 is 2.68 bits per heavy atom. The highest BCUT2D eigenvalue weighted by molar-refractivity contribution is 7.80. The zero-order valence-corrected chi connectivity index (χ0v) is 12.5. The van der Waals surface area contributed by atoms with E-state index in [0.717, 1.165) is 5.56 Å². The molecule has 98 valence electrons. The molecule has 0 aliphatic carbocycles. The Balaban J connectivity index is 2.23. The molecule has 2 aromatic rings. The van der Waals surface area contributed by atoms with E-state index in [-0.39, 0.29) is 10.9 Å². The van der Waals surface area contributed by atoms with E-state index in [9.17, 15) is 4.79 Å². The highest BCUT2D eigenvalue weighted by Crippen LogP contribution is 2.25. The number of thiophene rings is 1. The Labute approximate surface area is 125 Å². The smallest absolute Gasteiger partial charge is 0.266 e. The van der Waals surface area contributed by atoms with Crippen molar-refractivity contribution >= 4 is 51.7 Å². The van der Waals surface area contributed by atoms with E-state index in [1.165, 1.54) is 11.3 Å². The molecule has 0 fully saturated rings. The Hall–Kier alpha value is -1.43. The van der Waals surface area contributed by atoms with Crippen LogP contribution in [-0.4, -0.2) is 10.9 Å². The van der Waals surface area contributed by atoms with Gasteiger partial charge in [-0.1, -0.05) is 23.8 Å². The molecule has 0 radical (unpaired) electrons. The first-order valence-corrected chi connectivity index (χ1v) is 7.10. The maximum absolute atomic E-state index is 12.1. The number of thiocarbonyl (C=S) groups is 1. The van der Waals surface area contributed by atoms with Crippen LogP contribution in [0.5, 0.6) is 0 Å². The van der Waals surface area contributed by atoms with Gasteiger partial charge in [0.25, 0.3) is 5.91 Å². The van der Waals surface area contributed by atoms with Gasteiger partial charge in [0.15, 0.2) is 0 Å². The molecule has 1 aromatic carbocycles. The summed E-state index contributed by atoms with van der Waals surface area (Å²) >= 11 is 12.4. The summed E-state index contributed by atoms with van der Waals surface area (Å²) in [5.74, 6) is -0.169. The summed E-state index contributed by atoms with van der Waals surface area (Å²) in [6, 6.07) is 6.96. The van der Waals surface area contributed by atoms with E-state index in [2.05, 4.69) is 5.32 Å². The van der Waals surface area contributed by atoms with Crippen LogP contribution in [0.2, 0.25) is 5.02 Å². The number of nitrogens with two attached hydrogens (primary N) is 1. The molecule has 0 spiro atoms. The van der Waals surface area contributed by atoms with Crippen LogP contribution < -0.4 is 11.1 Å². The van der Waals surface area contributed by atoms with Gasteiger partial charge in [-0.05, 0) is 42.1 Å².